The van der Waals surface area contributed by atoms with Gasteiger partial charge in [0.15, 0.2) is 0 Å². The molecule has 0 saturated carbocycles. The van der Waals surface area contributed by atoms with E-state index in [4.69, 9.17) is 0 Å². The predicted octanol–water partition coefficient (Wildman–Crippen LogP) is 3.79. The Morgan fingerprint density at radius 2 is 1.72 bits per heavy atom. The largest absolute Gasteiger partial charge is 0.416 e. The monoisotopic (exact) mass is 464 g/mol. The van der Waals surface area contributed by atoms with Crippen molar-refractivity contribution >= 4 is 32.5 Å². The Balaban J connectivity index is 1.44. The van der Waals surface area contributed by atoms with Gasteiger partial charge in [-0.2, -0.15) is 17.5 Å². The molecule has 2 heterocycles. The van der Waals surface area contributed by atoms with Crippen LogP contribution in [0.25, 0.3) is 10.8 Å². The Labute approximate surface area is 182 Å². The SMILES string of the molecule is O=C(Nc1cccc(C(F)(F)F)c1)N1CCN(S(=O)(=O)c2cccc3cnccc23)CC1. The minimum atomic E-state index is -4.52. The van der Waals surface area contributed by atoms with Gasteiger partial charge in [0.2, 0.25) is 10.0 Å². The second-order valence-corrected chi connectivity index (χ2v) is 9.16. The van der Waals surface area contributed by atoms with E-state index in [1.807, 2.05) is 0 Å². The maximum atomic E-state index is 13.2. The molecule has 0 unspecified atom stereocenters. The van der Waals surface area contributed by atoms with E-state index in [0.29, 0.717) is 10.8 Å². The molecule has 2 amide bonds. The highest BCUT2D eigenvalue weighted by atomic mass is 32.2. The number of rotatable bonds is 3. The highest BCUT2D eigenvalue weighted by Gasteiger charge is 2.32. The summed E-state index contributed by atoms with van der Waals surface area (Å²) in [6.07, 6.45) is -1.40. The molecule has 1 saturated heterocycles. The highest BCUT2D eigenvalue weighted by Crippen LogP contribution is 2.31. The second-order valence-electron chi connectivity index (χ2n) is 7.25. The fourth-order valence-electron chi connectivity index (χ4n) is 3.56. The van der Waals surface area contributed by atoms with Crippen molar-refractivity contribution in [3.63, 3.8) is 0 Å². The van der Waals surface area contributed by atoms with Gasteiger partial charge in [0, 0.05) is 55.0 Å². The maximum absolute atomic E-state index is 13.2. The molecule has 3 aromatic rings. The van der Waals surface area contributed by atoms with Crippen LogP contribution in [0.5, 0.6) is 0 Å². The minimum absolute atomic E-state index is 0.0178. The van der Waals surface area contributed by atoms with Crippen molar-refractivity contribution in [2.75, 3.05) is 31.5 Å². The molecular weight excluding hydrogens is 445 g/mol. The Kier molecular flexibility index (Phi) is 5.78. The summed E-state index contributed by atoms with van der Waals surface area (Å²) in [5.74, 6) is 0. The molecule has 7 nitrogen and oxygen atoms in total. The fraction of sp³-hybridized carbons (Fsp3) is 0.238. The van der Waals surface area contributed by atoms with E-state index in [9.17, 15) is 26.4 Å². The Morgan fingerprint density at radius 1 is 1.00 bits per heavy atom. The molecule has 11 heteroatoms. The molecule has 1 N–H and O–H groups in total. The lowest BCUT2D eigenvalue weighted by Gasteiger charge is -2.34. The first-order chi connectivity index (χ1) is 15.2. The quantitative estimate of drug-likeness (QED) is 0.640. The van der Waals surface area contributed by atoms with E-state index in [1.165, 1.54) is 33.6 Å². The van der Waals surface area contributed by atoms with E-state index in [2.05, 4.69) is 10.3 Å². The number of sulfonamides is 1. The summed E-state index contributed by atoms with van der Waals surface area (Å²) in [4.78, 5) is 18.0. The highest BCUT2D eigenvalue weighted by molar-refractivity contribution is 7.89. The van der Waals surface area contributed by atoms with Gasteiger partial charge in [-0.1, -0.05) is 18.2 Å². The van der Waals surface area contributed by atoms with Gasteiger partial charge in [-0.3, -0.25) is 4.98 Å². The first kappa shape index (κ1) is 22.0. The number of alkyl halides is 3. The number of hydrogen-bond acceptors (Lipinski definition) is 4. The molecule has 0 aliphatic carbocycles. The van der Waals surface area contributed by atoms with Crippen LogP contribution < -0.4 is 5.32 Å². The average Bonchev–Trinajstić information content (AvgIpc) is 2.78. The summed E-state index contributed by atoms with van der Waals surface area (Å²) in [5.41, 5.74) is -0.847. The molecule has 1 aliphatic rings. The summed E-state index contributed by atoms with van der Waals surface area (Å²) in [6, 6.07) is 10.4. The number of halogens is 3. The topological polar surface area (TPSA) is 82.6 Å². The zero-order chi connectivity index (χ0) is 22.9. The lowest BCUT2D eigenvalue weighted by Crippen LogP contribution is -2.51. The van der Waals surface area contributed by atoms with Crippen LogP contribution in [0.4, 0.5) is 23.7 Å². The number of pyridine rings is 1. The molecule has 168 valence electrons. The molecule has 0 spiro atoms. The summed E-state index contributed by atoms with van der Waals surface area (Å²) in [6.45, 7) is 0.353. The Bertz CT molecular complexity index is 1250. The number of urea groups is 1. The van der Waals surface area contributed by atoms with E-state index >= 15 is 0 Å². The molecule has 1 aromatic heterocycles. The van der Waals surface area contributed by atoms with Crippen molar-refractivity contribution in [2.24, 2.45) is 0 Å². The Hall–Kier alpha value is -3.18. The number of aromatic nitrogens is 1. The van der Waals surface area contributed by atoms with Crippen LogP contribution in [0.3, 0.4) is 0 Å². The van der Waals surface area contributed by atoms with Crippen LogP contribution in [0.1, 0.15) is 5.56 Å². The van der Waals surface area contributed by atoms with Gasteiger partial charge < -0.3 is 10.2 Å². The third-order valence-electron chi connectivity index (χ3n) is 5.23. The minimum Gasteiger partial charge on any atom is -0.322 e. The average molecular weight is 464 g/mol. The van der Waals surface area contributed by atoms with Gasteiger partial charge in [0.25, 0.3) is 0 Å². The van der Waals surface area contributed by atoms with Gasteiger partial charge in [-0.15, -0.1) is 0 Å². The van der Waals surface area contributed by atoms with E-state index < -0.39 is 27.8 Å². The van der Waals surface area contributed by atoms with Gasteiger partial charge in [-0.05, 0) is 30.3 Å². The van der Waals surface area contributed by atoms with Crippen molar-refractivity contribution in [1.82, 2.24) is 14.2 Å². The lowest BCUT2D eigenvalue weighted by molar-refractivity contribution is -0.137. The molecule has 0 radical (unpaired) electrons. The Morgan fingerprint density at radius 3 is 2.44 bits per heavy atom. The number of anilines is 1. The van der Waals surface area contributed by atoms with Crippen molar-refractivity contribution in [1.29, 1.82) is 0 Å². The summed E-state index contributed by atoms with van der Waals surface area (Å²) < 4.78 is 66.3. The van der Waals surface area contributed by atoms with Crippen LogP contribution in [0.2, 0.25) is 0 Å². The number of nitrogens with one attached hydrogen (secondary N) is 1. The molecule has 2 aromatic carbocycles. The van der Waals surface area contributed by atoms with Crippen LogP contribution in [-0.4, -0.2) is 54.8 Å². The number of fused-ring (bicyclic) bond motifs is 1. The lowest BCUT2D eigenvalue weighted by atomic mass is 10.2. The summed E-state index contributed by atoms with van der Waals surface area (Å²) in [7, 11) is -3.80. The van der Waals surface area contributed by atoms with Gasteiger partial charge >= 0.3 is 12.2 Å². The zero-order valence-electron chi connectivity index (χ0n) is 16.7. The zero-order valence-corrected chi connectivity index (χ0v) is 17.5. The smallest absolute Gasteiger partial charge is 0.322 e. The second kappa shape index (κ2) is 8.40. The standard InChI is InChI=1S/C21H19F3N4O3S/c22-21(23,24)16-4-2-5-17(13-16)26-20(29)27-9-11-28(12-10-27)32(30,31)19-6-1-3-15-14-25-8-7-18(15)19/h1-8,13-14H,9-12H2,(H,26,29). The number of piperazine rings is 1. The third kappa shape index (κ3) is 4.39. The number of hydrogen-bond donors (Lipinski definition) is 1. The third-order valence-corrected chi connectivity index (χ3v) is 7.18. The number of carbonyl (C=O) groups excluding carboxylic acids is 1. The first-order valence-corrected chi connectivity index (χ1v) is 11.2. The first-order valence-electron chi connectivity index (χ1n) is 9.72. The number of nitrogens with zero attached hydrogens (tertiary/aromatic N) is 3. The molecule has 0 bridgehead atoms. The van der Waals surface area contributed by atoms with Crippen LogP contribution in [0, 0.1) is 0 Å². The molecule has 32 heavy (non-hydrogen) atoms. The molecule has 4 rings (SSSR count). The van der Waals surface area contributed by atoms with Gasteiger partial charge in [0.1, 0.15) is 0 Å². The normalized spacial score (nSPS) is 15.7. The van der Waals surface area contributed by atoms with Crippen LogP contribution in [-0.2, 0) is 16.2 Å². The van der Waals surface area contributed by atoms with E-state index in [-0.39, 0.29) is 36.8 Å². The maximum Gasteiger partial charge on any atom is 0.416 e. The fourth-order valence-corrected chi connectivity index (χ4v) is 5.20. The summed E-state index contributed by atoms with van der Waals surface area (Å²) in [5, 5.41) is 3.71. The number of carbonyl (C=O) groups is 1. The van der Waals surface area contributed by atoms with Crippen LogP contribution >= 0.6 is 0 Å². The van der Waals surface area contributed by atoms with Crippen molar-refractivity contribution in [3.05, 3.63) is 66.5 Å². The van der Waals surface area contributed by atoms with Crippen molar-refractivity contribution in [2.45, 2.75) is 11.1 Å². The van der Waals surface area contributed by atoms with Crippen molar-refractivity contribution < 1.29 is 26.4 Å². The molecular formula is C21H19F3N4O3S. The van der Waals surface area contributed by atoms with Gasteiger partial charge in [-0.25, -0.2) is 13.2 Å². The number of amides is 2. The van der Waals surface area contributed by atoms with Crippen LogP contribution in [0.15, 0.2) is 65.8 Å². The van der Waals surface area contributed by atoms with E-state index in [1.54, 1.807) is 24.4 Å². The molecule has 0 atom stereocenters. The number of benzene rings is 2. The predicted molar refractivity (Wildman–Crippen MR) is 113 cm³/mol. The molecule has 1 fully saturated rings. The van der Waals surface area contributed by atoms with Gasteiger partial charge in [0.05, 0.1) is 10.5 Å². The van der Waals surface area contributed by atoms with Crippen molar-refractivity contribution in [3.8, 4) is 0 Å². The molecule has 1 aliphatic heterocycles. The summed E-state index contributed by atoms with van der Waals surface area (Å²) >= 11 is 0. The van der Waals surface area contributed by atoms with E-state index in [0.717, 1.165) is 12.1 Å².